The van der Waals surface area contributed by atoms with Crippen molar-refractivity contribution >= 4 is 12.0 Å². The first kappa shape index (κ1) is 19.8. The molecule has 28 heavy (non-hydrogen) atoms. The maximum Gasteiger partial charge on any atom is 0.417 e. The van der Waals surface area contributed by atoms with Crippen LogP contribution in [0.3, 0.4) is 0 Å². The molecule has 0 aromatic heterocycles. The predicted octanol–water partition coefficient (Wildman–Crippen LogP) is 2.71. The van der Waals surface area contributed by atoms with Crippen molar-refractivity contribution in [1.82, 2.24) is 4.90 Å². The normalized spacial score (nSPS) is 17.7. The predicted molar refractivity (Wildman–Crippen MR) is 103 cm³/mol. The molecule has 1 fully saturated rings. The van der Waals surface area contributed by atoms with Gasteiger partial charge in [-0.3, -0.25) is 4.79 Å². The first-order chi connectivity index (χ1) is 13.7. The number of imide groups is 1. The summed E-state index contributed by atoms with van der Waals surface area (Å²) in [7, 11) is 0. The van der Waals surface area contributed by atoms with Gasteiger partial charge in [0.1, 0.15) is 6.61 Å². The molecule has 2 amide bonds. The van der Waals surface area contributed by atoms with E-state index in [1.165, 1.54) is 12.2 Å². The smallest absolute Gasteiger partial charge is 0.417 e. The average Bonchev–Trinajstić information content (AvgIpc) is 3.09. The maximum atomic E-state index is 12.6. The first-order valence-corrected chi connectivity index (χ1v) is 9.16. The Bertz CT molecular complexity index is 806. The van der Waals surface area contributed by atoms with Gasteiger partial charge in [0.2, 0.25) is 0 Å². The number of carbonyl (C=O) groups is 2. The minimum Gasteiger partial charge on any atom is -0.447 e. The van der Waals surface area contributed by atoms with Crippen molar-refractivity contribution in [3.63, 3.8) is 0 Å². The third-order valence-corrected chi connectivity index (χ3v) is 4.45. The molecule has 0 radical (unpaired) electrons. The topological polar surface area (TPSA) is 76.1 Å². The Balaban J connectivity index is 1.59. The molecule has 146 valence electrons. The molecular weight excluding hydrogens is 358 g/mol. The maximum absolute atomic E-state index is 12.6. The molecule has 0 unspecified atom stereocenters. The monoisotopic (exact) mass is 381 g/mol. The van der Waals surface area contributed by atoms with Crippen LogP contribution in [0.4, 0.5) is 4.79 Å². The Hall–Kier alpha value is -2.96. The number of aliphatic hydroxyl groups is 1. The second-order valence-electron chi connectivity index (χ2n) is 6.51. The zero-order valence-corrected chi connectivity index (χ0v) is 15.4. The molecule has 6 heteroatoms. The highest BCUT2D eigenvalue weighted by Gasteiger charge is 2.36. The van der Waals surface area contributed by atoms with Gasteiger partial charge in [-0.15, -0.1) is 0 Å². The van der Waals surface area contributed by atoms with E-state index in [9.17, 15) is 14.7 Å². The van der Waals surface area contributed by atoms with Gasteiger partial charge >= 0.3 is 6.09 Å². The number of carbonyl (C=O) groups excluding carboxylic acids is 2. The lowest BCUT2D eigenvalue weighted by Gasteiger charge is -2.18. The van der Waals surface area contributed by atoms with Crippen LogP contribution in [0.5, 0.6) is 0 Å². The minimum atomic E-state index is -0.652. The fourth-order valence-corrected chi connectivity index (χ4v) is 2.98. The number of hydrogen-bond acceptors (Lipinski definition) is 5. The van der Waals surface area contributed by atoms with E-state index in [0.29, 0.717) is 13.0 Å². The summed E-state index contributed by atoms with van der Waals surface area (Å²) in [5.41, 5.74) is 1.98. The number of benzene rings is 2. The van der Waals surface area contributed by atoms with E-state index < -0.39 is 18.1 Å². The minimum absolute atomic E-state index is 0.168. The Kier molecular flexibility index (Phi) is 6.94. The standard InChI is InChI=1S/C22H23NO5/c24-14-20(27-15-18-9-5-2-6-10-18)11-12-21(25)23-19(16-28-22(23)26)13-17-7-3-1-4-8-17/h1-12,19-20,24H,13-16H2/b12-11+/t19-,20-/m0/s1. The number of rotatable bonds is 8. The number of aliphatic hydroxyl groups excluding tert-OH is 1. The molecule has 6 nitrogen and oxygen atoms in total. The van der Waals surface area contributed by atoms with Crippen LogP contribution in [0.1, 0.15) is 11.1 Å². The Morgan fingerprint density at radius 3 is 2.43 bits per heavy atom. The molecule has 1 heterocycles. The van der Waals surface area contributed by atoms with Crippen molar-refractivity contribution in [2.45, 2.75) is 25.2 Å². The molecule has 1 aliphatic heterocycles. The van der Waals surface area contributed by atoms with Crippen LogP contribution in [-0.4, -0.2) is 47.4 Å². The van der Waals surface area contributed by atoms with Crippen LogP contribution in [0.25, 0.3) is 0 Å². The van der Waals surface area contributed by atoms with Crippen molar-refractivity contribution in [2.75, 3.05) is 13.2 Å². The number of amides is 2. The van der Waals surface area contributed by atoms with Crippen molar-refractivity contribution in [1.29, 1.82) is 0 Å². The molecule has 0 bridgehead atoms. The molecule has 1 saturated heterocycles. The van der Waals surface area contributed by atoms with Crippen molar-refractivity contribution in [3.8, 4) is 0 Å². The highest BCUT2D eigenvalue weighted by molar-refractivity contribution is 5.99. The van der Waals surface area contributed by atoms with Gasteiger partial charge in [-0.2, -0.15) is 0 Å². The SMILES string of the molecule is O=C(/C=C/[C@@H](CO)OCc1ccccc1)N1C(=O)OC[C@@H]1Cc1ccccc1. The second kappa shape index (κ2) is 9.82. The van der Waals surface area contributed by atoms with E-state index in [2.05, 4.69) is 0 Å². The van der Waals surface area contributed by atoms with E-state index in [1.54, 1.807) is 0 Å². The lowest BCUT2D eigenvalue weighted by Crippen LogP contribution is -2.39. The van der Waals surface area contributed by atoms with Crippen molar-refractivity contribution in [3.05, 3.63) is 83.9 Å². The van der Waals surface area contributed by atoms with E-state index in [-0.39, 0.29) is 19.3 Å². The molecule has 0 aliphatic carbocycles. The van der Waals surface area contributed by atoms with Crippen LogP contribution in [0.2, 0.25) is 0 Å². The molecule has 0 spiro atoms. The molecule has 2 aromatic carbocycles. The van der Waals surface area contributed by atoms with Gasteiger partial charge in [0.15, 0.2) is 0 Å². The fourth-order valence-electron chi connectivity index (χ4n) is 2.98. The van der Waals surface area contributed by atoms with Gasteiger partial charge < -0.3 is 14.6 Å². The largest absolute Gasteiger partial charge is 0.447 e. The van der Waals surface area contributed by atoms with Gasteiger partial charge in [-0.05, 0) is 23.6 Å². The zero-order chi connectivity index (χ0) is 19.8. The summed E-state index contributed by atoms with van der Waals surface area (Å²) in [5, 5.41) is 9.49. The number of cyclic esters (lactones) is 1. The van der Waals surface area contributed by atoms with E-state index in [1.807, 2.05) is 60.7 Å². The summed E-state index contributed by atoms with van der Waals surface area (Å²) in [6.07, 6.45) is 1.96. The van der Waals surface area contributed by atoms with Gasteiger partial charge in [-0.25, -0.2) is 9.69 Å². The Labute approximate surface area is 164 Å². The van der Waals surface area contributed by atoms with E-state index in [0.717, 1.165) is 16.0 Å². The summed E-state index contributed by atoms with van der Waals surface area (Å²) in [6.45, 7) is 0.211. The molecule has 1 N–H and O–H groups in total. The number of ether oxygens (including phenoxy) is 2. The van der Waals surface area contributed by atoms with Crippen LogP contribution in [0, 0.1) is 0 Å². The average molecular weight is 381 g/mol. The molecule has 2 aromatic rings. The summed E-state index contributed by atoms with van der Waals surface area (Å²) in [4.78, 5) is 25.7. The molecule has 3 rings (SSSR count). The number of nitrogens with zero attached hydrogens (tertiary/aromatic N) is 1. The van der Waals surface area contributed by atoms with Crippen molar-refractivity contribution < 1.29 is 24.2 Å². The zero-order valence-electron chi connectivity index (χ0n) is 15.4. The van der Waals surface area contributed by atoms with Gasteiger partial charge in [0.25, 0.3) is 5.91 Å². The third kappa shape index (κ3) is 5.28. The van der Waals surface area contributed by atoms with Crippen LogP contribution >= 0.6 is 0 Å². The van der Waals surface area contributed by atoms with Gasteiger partial charge in [0.05, 0.1) is 25.4 Å². The lowest BCUT2D eigenvalue weighted by molar-refractivity contribution is -0.124. The van der Waals surface area contributed by atoms with Crippen LogP contribution < -0.4 is 0 Å². The van der Waals surface area contributed by atoms with Gasteiger partial charge in [-0.1, -0.05) is 60.7 Å². The van der Waals surface area contributed by atoms with Crippen LogP contribution in [-0.2, 0) is 27.3 Å². The Morgan fingerprint density at radius 2 is 1.79 bits per heavy atom. The van der Waals surface area contributed by atoms with Crippen molar-refractivity contribution in [2.24, 2.45) is 0 Å². The fraction of sp³-hybridized carbons (Fsp3) is 0.273. The molecule has 1 aliphatic rings. The van der Waals surface area contributed by atoms with Gasteiger partial charge in [0, 0.05) is 6.08 Å². The summed E-state index contributed by atoms with van der Waals surface area (Å²) in [5.74, 6) is -0.481. The summed E-state index contributed by atoms with van der Waals surface area (Å²) >= 11 is 0. The summed E-state index contributed by atoms with van der Waals surface area (Å²) in [6, 6.07) is 18.8. The highest BCUT2D eigenvalue weighted by atomic mass is 16.6. The third-order valence-electron chi connectivity index (χ3n) is 4.45. The quantitative estimate of drug-likeness (QED) is 0.712. The summed E-state index contributed by atoms with van der Waals surface area (Å²) < 4.78 is 10.7. The first-order valence-electron chi connectivity index (χ1n) is 9.16. The highest BCUT2D eigenvalue weighted by Crippen LogP contribution is 2.18. The molecule has 2 atom stereocenters. The van der Waals surface area contributed by atoms with E-state index in [4.69, 9.17) is 9.47 Å². The number of hydrogen-bond donors (Lipinski definition) is 1. The van der Waals surface area contributed by atoms with E-state index >= 15 is 0 Å². The molecular formula is C22H23NO5. The Morgan fingerprint density at radius 1 is 1.14 bits per heavy atom. The second-order valence-corrected chi connectivity index (χ2v) is 6.51. The lowest BCUT2D eigenvalue weighted by atomic mass is 10.1. The molecule has 0 saturated carbocycles. The van der Waals surface area contributed by atoms with Crippen LogP contribution in [0.15, 0.2) is 72.8 Å².